The van der Waals surface area contributed by atoms with Crippen molar-refractivity contribution >= 4 is 22.3 Å². The van der Waals surface area contributed by atoms with Gasteiger partial charge in [-0.25, -0.2) is 4.39 Å². The van der Waals surface area contributed by atoms with Gasteiger partial charge in [-0.3, -0.25) is 9.99 Å². The third-order valence-electron chi connectivity index (χ3n) is 6.98. The molecular formula is C29H31FN8. The molecule has 2 heterocycles. The predicted molar refractivity (Wildman–Crippen MR) is 146 cm³/mol. The second kappa shape index (κ2) is 9.51. The Hall–Kier alpha value is -4.34. The van der Waals surface area contributed by atoms with Crippen LogP contribution in [0.1, 0.15) is 63.3 Å². The molecule has 5 rings (SSSR count). The van der Waals surface area contributed by atoms with E-state index in [4.69, 9.17) is 0 Å². The fourth-order valence-corrected chi connectivity index (χ4v) is 4.45. The van der Waals surface area contributed by atoms with Crippen LogP contribution in [0, 0.1) is 33.9 Å². The molecule has 0 unspecified atom stereocenters. The van der Waals surface area contributed by atoms with Crippen LogP contribution in [0.15, 0.2) is 54.5 Å². The summed E-state index contributed by atoms with van der Waals surface area (Å²) in [6.07, 6.45) is 5.73. The fraction of sp³-hybridized carbons (Fsp3) is 0.345. The largest absolute Gasteiger partial charge is 0.383 e. The predicted octanol–water partition coefficient (Wildman–Crippen LogP) is 5.45. The summed E-state index contributed by atoms with van der Waals surface area (Å²) in [5.74, 6) is -0.312. The van der Waals surface area contributed by atoms with Crippen molar-refractivity contribution in [3.63, 3.8) is 0 Å². The number of nitriles is 2. The van der Waals surface area contributed by atoms with Crippen LogP contribution in [-0.2, 0) is 0 Å². The average molecular weight is 511 g/mol. The highest BCUT2D eigenvalue weighted by atomic mass is 19.1. The quantitative estimate of drug-likeness (QED) is 0.332. The Morgan fingerprint density at radius 3 is 2.47 bits per heavy atom. The zero-order valence-electron chi connectivity index (χ0n) is 22.0. The molecule has 38 heavy (non-hydrogen) atoms. The summed E-state index contributed by atoms with van der Waals surface area (Å²) in [5, 5.41) is 29.5. The third kappa shape index (κ3) is 5.06. The first-order valence-electron chi connectivity index (χ1n) is 12.7. The zero-order chi connectivity index (χ0) is 27.1. The van der Waals surface area contributed by atoms with E-state index in [-0.39, 0.29) is 22.8 Å². The van der Waals surface area contributed by atoms with Gasteiger partial charge in [-0.1, -0.05) is 32.9 Å². The summed E-state index contributed by atoms with van der Waals surface area (Å²) in [5.41, 5.74) is 10.9. The number of aromatic nitrogens is 1. The maximum Gasteiger partial charge on any atom is 0.123 e. The number of pyridine rings is 1. The molecule has 1 aliphatic heterocycles. The number of nitrogens with zero attached hydrogens (tertiary/aromatic N) is 4. The number of fused-ring (bicyclic) bond motifs is 1. The van der Waals surface area contributed by atoms with Gasteiger partial charge < -0.3 is 16.1 Å². The Morgan fingerprint density at radius 1 is 1.13 bits per heavy atom. The van der Waals surface area contributed by atoms with E-state index < -0.39 is 0 Å². The first-order valence-corrected chi connectivity index (χ1v) is 12.7. The highest BCUT2D eigenvalue weighted by Gasteiger charge is 2.44. The number of anilines is 2. The summed E-state index contributed by atoms with van der Waals surface area (Å²) in [7, 11) is 0. The molecule has 2 aliphatic rings. The van der Waals surface area contributed by atoms with Gasteiger partial charge in [0.15, 0.2) is 0 Å². The zero-order valence-corrected chi connectivity index (χ0v) is 22.0. The Kier molecular flexibility index (Phi) is 6.34. The summed E-state index contributed by atoms with van der Waals surface area (Å²) >= 11 is 0. The monoisotopic (exact) mass is 510 g/mol. The van der Waals surface area contributed by atoms with E-state index in [2.05, 4.69) is 71.4 Å². The SMILES string of the molecule is CC(C)(C)CNc1c(C#N)cnc2c(C#N)cc(N[C@H](C3=CN(C4(C)CC4)NN3)c3ccc(F)cc3)cc12. The van der Waals surface area contributed by atoms with Crippen molar-refractivity contribution in [3.05, 3.63) is 77.0 Å². The Labute approximate surface area is 222 Å². The molecule has 1 atom stereocenters. The molecule has 0 radical (unpaired) electrons. The summed E-state index contributed by atoms with van der Waals surface area (Å²) in [4.78, 5) is 4.44. The number of hydrogen-bond acceptors (Lipinski definition) is 8. The van der Waals surface area contributed by atoms with Crippen LogP contribution in [0.2, 0.25) is 0 Å². The minimum atomic E-state index is -0.363. The molecule has 1 aromatic heterocycles. The molecule has 0 spiro atoms. The van der Waals surface area contributed by atoms with Gasteiger partial charge in [0.05, 0.1) is 39.6 Å². The highest BCUT2D eigenvalue weighted by Crippen LogP contribution is 2.42. The van der Waals surface area contributed by atoms with E-state index in [1.807, 2.05) is 12.3 Å². The van der Waals surface area contributed by atoms with E-state index in [1.54, 1.807) is 18.2 Å². The van der Waals surface area contributed by atoms with E-state index >= 15 is 0 Å². The summed E-state index contributed by atoms with van der Waals surface area (Å²) in [6, 6.07) is 14.2. The van der Waals surface area contributed by atoms with Crippen LogP contribution in [0.5, 0.6) is 0 Å². The van der Waals surface area contributed by atoms with Crippen LogP contribution in [-0.4, -0.2) is 22.1 Å². The van der Waals surface area contributed by atoms with E-state index in [0.717, 1.165) is 24.1 Å². The van der Waals surface area contributed by atoms with Crippen LogP contribution in [0.3, 0.4) is 0 Å². The van der Waals surface area contributed by atoms with Crippen molar-refractivity contribution in [1.82, 2.24) is 21.0 Å². The van der Waals surface area contributed by atoms with Crippen molar-refractivity contribution < 1.29 is 4.39 Å². The van der Waals surface area contributed by atoms with Crippen molar-refractivity contribution in [2.24, 2.45) is 5.41 Å². The topological polar surface area (TPSA) is 112 Å². The summed E-state index contributed by atoms with van der Waals surface area (Å²) in [6.45, 7) is 9.15. The summed E-state index contributed by atoms with van der Waals surface area (Å²) < 4.78 is 13.8. The molecule has 8 nitrogen and oxygen atoms in total. The van der Waals surface area contributed by atoms with Gasteiger partial charge in [-0.15, -0.1) is 5.53 Å². The number of halogens is 1. The number of benzene rings is 2. The molecule has 1 fully saturated rings. The lowest BCUT2D eigenvalue weighted by Crippen LogP contribution is -2.43. The Balaban J connectivity index is 1.59. The molecule has 0 saturated heterocycles. The smallest absolute Gasteiger partial charge is 0.123 e. The van der Waals surface area contributed by atoms with Gasteiger partial charge in [-0.05, 0) is 55.0 Å². The lowest BCUT2D eigenvalue weighted by molar-refractivity contribution is 0.190. The maximum absolute atomic E-state index is 13.8. The first-order chi connectivity index (χ1) is 18.1. The van der Waals surface area contributed by atoms with Gasteiger partial charge in [-0.2, -0.15) is 10.5 Å². The van der Waals surface area contributed by atoms with Crippen molar-refractivity contribution in [1.29, 1.82) is 10.5 Å². The van der Waals surface area contributed by atoms with E-state index in [0.29, 0.717) is 39.9 Å². The van der Waals surface area contributed by atoms with E-state index in [9.17, 15) is 14.9 Å². The number of nitrogens with one attached hydrogen (secondary N) is 4. The van der Waals surface area contributed by atoms with Crippen LogP contribution >= 0.6 is 0 Å². The molecule has 0 bridgehead atoms. The van der Waals surface area contributed by atoms with Crippen molar-refractivity contribution in [3.8, 4) is 12.1 Å². The number of rotatable bonds is 7. The molecule has 9 heteroatoms. The third-order valence-corrected chi connectivity index (χ3v) is 6.98. The van der Waals surface area contributed by atoms with Crippen molar-refractivity contribution in [2.45, 2.75) is 52.1 Å². The molecule has 194 valence electrons. The average Bonchev–Trinajstić information content (AvgIpc) is 3.44. The minimum Gasteiger partial charge on any atom is -0.383 e. The minimum absolute atomic E-state index is 0.0262. The number of hydrogen-bond donors (Lipinski definition) is 4. The van der Waals surface area contributed by atoms with Gasteiger partial charge >= 0.3 is 0 Å². The Morgan fingerprint density at radius 2 is 1.84 bits per heavy atom. The van der Waals surface area contributed by atoms with Crippen LogP contribution in [0.25, 0.3) is 10.9 Å². The molecule has 1 saturated carbocycles. The van der Waals surface area contributed by atoms with Crippen LogP contribution < -0.4 is 21.6 Å². The molecule has 1 aliphatic carbocycles. The number of hydrazine groups is 2. The van der Waals surface area contributed by atoms with Gasteiger partial charge in [0.25, 0.3) is 0 Å². The van der Waals surface area contributed by atoms with E-state index in [1.165, 1.54) is 18.3 Å². The van der Waals surface area contributed by atoms with Crippen LogP contribution in [0.4, 0.5) is 15.8 Å². The second-order valence-electron chi connectivity index (χ2n) is 11.4. The highest BCUT2D eigenvalue weighted by molar-refractivity contribution is 5.99. The first kappa shape index (κ1) is 25.3. The molecule has 4 N–H and O–H groups in total. The second-order valence-corrected chi connectivity index (χ2v) is 11.4. The molecule has 3 aromatic rings. The fourth-order valence-electron chi connectivity index (χ4n) is 4.45. The molecule has 0 amide bonds. The maximum atomic E-state index is 13.8. The lowest BCUT2D eigenvalue weighted by Gasteiger charge is -2.23. The molecular weight excluding hydrogens is 479 g/mol. The normalized spacial score (nSPS) is 16.7. The lowest BCUT2D eigenvalue weighted by atomic mass is 9.96. The van der Waals surface area contributed by atoms with Gasteiger partial charge in [0.1, 0.15) is 18.0 Å². The standard InChI is InChI=1S/C29H31FN8/c1-28(2,3)17-34-26-20(14-32)15-33-25-19(13-31)11-22(12-23(25)26)35-27(18-5-7-21(30)8-6-18)24-16-38(37-36-24)29(4)9-10-29/h5-8,11-12,15-16,27,35-37H,9-10,17H2,1-4H3,(H,33,34)/t27-/m0/s1. The molecule has 2 aromatic carbocycles. The van der Waals surface area contributed by atoms with Gasteiger partial charge in [0.2, 0.25) is 0 Å². The Bertz CT molecular complexity index is 1490. The van der Waals surface area contributed by atoms with Gasteiger partial charge in [0, 0.05) is 30.0 Å². The van der Waals surface area contributed by atoms with Crippen molar-refractivity contribution in [2.75, 3.05) is 17.2 Å².